The highest BCUT2D eigenvalue weighted by atomic mass is 35.5. The van der Waals surface area contributed by atoms with Gasteiger partial charge in [0.25, 0.3) is 0 Å². The number of carboxylic acids is 1. The average molecular weight is 481 g/mol. The Morgan fingerprint density at radius 3 is 2.32 bits per heavy atom. The van der Waals surface area contributed by atoms with Crippen LogP contribution < -0.4 is 14.8 Å². The molecule has 8 heteroatoms. The van der Waals surface area contributed by atoms with Crippen molar-refractivity contribution in [2.45, 2.75) is 20.1 Å². The molecule has 0 aliphatic carbocycles. The Morgan fingerprint density at radius 2 is 1.65 bits per heavy atom. The summed E-state index contributed by atoms with van der Waals surface area (Å²) in [7, 11) is 0. The number of halogens is 3. The SMILES string of the molecule is CCOc1cc(CNc2ccc(C(=O)O)c(Cl)c2)ccc1OCc1ccc(Cl)c(Cl)c1. The number of anilines is 1. The molecule has 0 saturated carbocycles. The van der Waals surface area contributed by atoms with Crippen molar-refractivity contribution in [2.75, 3.05) is 11.9 Å². The topological polar surface area (TPSA) is 67.8 Å². The fraction of sp³-hybridized carbons (Fsp3) is 0.174. The van der Waals surface area contributed by atoms with E-state index in [1.165, 1.54) is 6.07 Å². The van der Waals surface area contributed by atoms with Crippen molar-refractivity contribution in [2.24, 2.45) is 0 Å². The Hall–Kier alpha value is -2.60. The maximum Gasteiger partial charge on any atom is 0.337 e. The summed E-state index contributed by atoms with van der Waals surface area (Å²) in [6.45, 7) is 3.21. The summed E-state index contributed by atoms with van der Waals surface area (Å²) in [5.41, 5.74) is 2.63. The van der Waals surface area contributed by atoms with Crippen molar-refractivity contribution >= 4 is 46.5 Å². The second kappa shape index (κ2) is 10.6. The number of rotatable bonds is 9. The predicted molar refractivity (Wildman–Crippen MR) is 124 cm³/mol. The molecule has 0 aliphatic heterocycles. The molecule has 2 N–H and O–H groups in total. The first-order valence-electron chi connectivity index (χ1n) is 9.46. The number of hydrogen-bond donors (Lipinski definition) is 2. The summed E-state index contributed by atoms with van der Waals surface area (Å²) in [6.07, 6.45) is 0. The monoisotopic (exact) mass is 479 g/mol. The lowest BCUT2D eigenvalue weighted by molar-refractivity contribution is 0.0697. The highest BCUT2D eigenvalue weighted by Crippen LogP contribution is 2.31. The first-order chi connectivity index (χ1) is 14.9. The van der Waals surface area contributed by atoms with Gasteiger partial charge >= 0.3 is 5.97 Å². The summed E-state index contributed by atoms with van der Waals surface area (Å²) >= 11 is 18.0. The van der Waals surface area contributed by atoms with Crippen LogP contribution in [-0.2, 0) is 13.2 Å². The van der Waals surface area contributed by atoms with Crippen LogP contribution in [0.2, 0.25) is 15.1 Å². The molecule has 3 rings (SSSR count). The molecular weight excluding hydrogens is 461 g/mol. The molecule has 0 radical (unpaired) electrons. The summed E-state index contributed by atoms with van der Waals surface area (Å²) < 4.78 is 11.7. The summed E-state index contributed by atoms with van der Waals surface area (Å²) in [6, 6.07) is 15.8. The number of nitrogens with one attached hydrogen (secondary N) is 1. The number of hydrogen-bond acceptors (Lipinski definition) is 4. The van der Waals surface area contributed by atoms with Gasteiger partial charge in [-0.2, -0.15) is 0 Å². The molecule has 0 fully saturated rings. The lowest BCUT2D eigenvalue weighted by Gasteiger charge is -2.14. The largest absolute Gasteiger partial charge is 0.490 e. The molecule has 0 bridgehead atoms. The number of benzene rings is 3. The van der Waals surface area contributed by atoms with Crippen LogP contribution in [0.25, 0.3) is 0 Å². The van der Waals surface area contributed by atoms with Gasteiger partial charge in [0.15, 0.2) is 11.5 Å². The summed E-state index contributed by atoms with van der Waals surface area (Å²) in [5, 5.41) is 13.4. The van der Waals surface area contributed by atoms with Crippen LogP contribution in [0, 0.1) is 0 Å². The number of carbonyl (C=O) groups is 1. The molecular formula is C23H20Cl3NO4. The maximum atomic E-state index is 11.1. The van der Waals surface area contributed by atoms with Crippen LogP contribution >= 0.6 is 34.8 Å². The number of carboxylic acid groups (broad SMARTS) is 1. The molecule has 162 valence electrons. The molecule has 0 saturated heterocycles. The Morgan fingerprint density at radius 1 is 0.871 bits per heavy atom. The van der Waals surface area contributed by atoms with Crippen molar-refractivity contribution < 1.29 is 19.4 Å². The zero-order valence-electron chi connectivity index (χ0n) is 16.6. The number of ether oxygens (including phenoxy) is 2. The van der Waals surface area contributed by atoms with Crippen LogP contribution in [0.4, 0.5) is 5.69 Å². The molecule has 3 aromatic carbocycles. The van der Waals surface area contributed by atoms with E-state index >= 15 is 0 Å². The van der Waals surface area contributed by atoms with Crippen LogP contribution in [0.15, 0.2) is 54.6 Å². The van der Waals surface area contributed by atoms with Gasteiger partial charge in [0, 0.05) is 12.2 Å². The third-order valence-electron chi connectivity index (χ3n) is 4.38. The van der Waals surface area contributed by atoms with E-state index in [-0.39, 0.29) is 10.6 Å². The van der Waals surface area contributed by atoms with Gasteiger partial charge in [-0.15, -0.1) is 0 Å². The molecule has 0 aromatic heterocycles. The van der Waals surface area contributed by atoms with Crippen molar-refractivity contribution in [3.63, 3.8) is 0 Å². The summed E-state index contributed by atoms with van der Waals surface area (Å²) in [4.78, 5) is 11.1. The van der Waals surface area contributed by atoms with Crippen LogP contribution in [0.5, 0.6) is 11.5 Å². The minimum atomic E-state index is -1.06. The van der Waals surface area contributed by atoms with Gasteiger partial charge in [0.1, 0.15) is 6.61 Å². The van der Waals surface area contributed by atoms with Crippen molar-refractivity contribution in [3.8, 4) is 11.5 Å². The highest BCUT2D eigenvalue weighted by Gasteiger charge is 2.10. The molecule has 0 unspecified atom stereocenters. The quantitative estimate of drug-likeness (QED) is 0.347. The van der Waals surface area contributed by atoms with Crippen molar-refractivity contribution in [3.05, 3.63) is 86.4 Å². The van der Waals surface area contributed by atoms with E-state index in [0.717, 1.165) is 11.1 Å². The molecule has 31 heavy (non-hydrogen) atoms. The zero-order valence-corrected chi connectivity index (χ0v) is 18.9. The minimum Gasteiger partial charge on any atom is -0.490 e. The second-order valence-corrected chi connectivity index (χ2v) is 7.83. The standard InChI is InChI=1S/C23H20Cl3NO4/c1-2-30-22-10-14(12-27-16-5-6-17(23(28)29)19(25)11-16)4-8-21(22)31-13-15-3-7-18(24)20(26)9-15/h3-11,27H,2,12-13H2,1H3,(H,28,29). The van der Waals surface area contributed by atoms with E-state index in [1.54, 1.807) is 24.3 Å². The van der Waals surface area contributed by atoms with Crippen LogP contribution in [0.3, 0.4) is 0 Å². The van der Waals surface area contributed by atoms with Crippen molar-refractivity contribution in [1.82, 2.24) is 0 Å². The molecule has 5 nitrogen and oxygen atoms in total. The summed E-state index contributed by atoms with van der Waals surface area (Å²) in [5.74, 6) is 0.181. The molecule has 0 atom stereocenters. The van der Waals surface area contributed by atoms with Crippen molar-refractivity contribution in [1.29, 1.82) is 0 Å². The van der Waals surface area contributed by atoms with E-state index in [4.69, 9.17) is 49.4 Å². The van der Waals surface area contributed by atoms with Gasteiger partial charge < -0.3 is 19.9 Å². The van der Waals surface area contributed by atoms with E-state index in [1.807, 2.05) is 31.2 Å². The lowest BCUT2D eigenvalue weighted by atomic mass is 10.1. The van der Waals surface area contributed by atoms with Gasteiger partial charge in [0.05, 0.1) is 27.2 Å². The molecule has 0 spiro atoms. The fourth-order valence-electron chi connectivity index (χ4n) is 2.84. The first-order valence-corrected chi connectivity index (χ1v) is 10.6. The van der Waals surface area contributed by atoms with Crippen LogP contribution in [0.1, 0.15) is 28.4 Å². The smallest absolute Gasteiger partial charge is 0.337 e. The van der Waals surface area contributed by atoms with Crippen LogP contribution in [-0.4, -0.2) is 17.7 Å². The normalized spacial score (nSPS) is 10.6. The molecule has 3 aromatic rings. The van der Waals surface area contributed by atoms with Gasteiger partial charge in [-0.3, -0.25) is 0 Å². The van der Waals surface area contributed by atoms with Gasteiger partial charge in [0.2, 0.25) is 0 Å². The molecule has 0 aliphatic rings. The Kier molecular flexibility index (Phi) is 7.91. The molecule has 0 heterocycles. The van der Waals surface area contributed by atoms with E-state index in [9.17, 15) is 4.79 Å². The third kappa shape index (κ3) is 6.20. The predicted octanol–water partition coefficient (Wildman–Crippen LogP) is 6.93. The molecule has 0 amide bonds. The first kappa shape index (κ1) is 23.1. The van der Waals surface area contributed by atoms with Gasteiger partial charge in [-0.1, -0.05) is 46.9 Å². The number of aromatic carboxylic acids is 1. The van der Waals surface area contributed by atoms with E-state index in [2.05, 4.69) is 5.32 Å². The maximum absolute atomic E-state index is 11.1. The van der Waals surface area contributed by atoms with Gasteiger partial charge in [-0.05, 0) is 60.5 Å². The van der Waals surface area contributed by atoms with E-state index < -0.39 is 5.97 Å². The third-order valence-corrected chi connectivity index (χ3v) is 5.43. The van der Waals surface area contributed by atoms with Gasteiger partial charge in [-0.25, -0.2) is 4.79 Å². The fourth-order valence-corrected chi connectivity index (χ4v) is 3.43. The highest BCUT2D eigenvalue weighted by molar-refractivity contribution is 6.42. The lowest BCUT2D eigenvalue weighted by Crippen LogP contribution is -2.04. The Balaban J connectivity index is 1.68. The van der Waals surface area contributed by atoms with E-state index in [0.29, 0.717) is 47.0 Å². The Bertz CT molecular complexity index is 1090. The minimum absolute atomic E-state index is 0.0642. The Labute approximate surface area is 195 Å². The zero-order chi connectivity index (χ0) is 22.4. The average Bonchev–Trinajstić information content (AvgIpc) is 2.74. The second-order valence-electron chi connectivity index (χ2n) is 6.60.